The molecule has 0 aliphatic rings. The van der Waals surface area contributed by atoms with Crippen molar-refractivity contribution in [3.8, 4) is 0 Å². The molecule has 3 N–H and O–H groups in total. The minimum absolute atomic E-state index is 0.210. The van der Waals surface area contributed by atoms with Gasteiger partial charge in [0.25, 0.3) is 5.91 Å². The Morgan fingerprint density at radius 3 is 2.57 bits per heavy atom. The summed E-state index contributed by atoms with van der Waals surface area (Å²) in [7, 11) is 0. The quantitative estimate of drug-likeness (QED) is 0.777. The summed E-state index contributed by atoms with van der Waals surface area (Å²) in [5, 5.41) is 3.19. The van der Waals surface area contributed by atoms with Gasteiger partial charge < -0.3 is 11.1 Å². The molecule has 0 aliphatic heterocycles. The Morgan fingerprint density at radius 1 is 1.24 bits per heavy atom. The Labute approximate surface area is 141 Å². The number of rotatable bonds is 3. The molecule has 0 radical (unpaired) electrons. The van der Waals surface area contributed by atoms with Crippen LogP contribution in [0.2, 0.25) is 5.02 Å². The first-order valence-electron chi connectivity index (χ1n) is 6.05. The van der Waals surface area contributed by atoms with E-state index in [1.54, 1.807) is 30.3 Å². The largest absolute Gasteiger partial charge is 0.389 e. The van der Waals surface area contributed by atoms with Gasteiger partial charge in [-0.05, 0) is 42.8 Å². The van der Waals surface area contributed by atoms with Crippen molar-refractivity contribution in [2.75, 3.05) is 5.32 Å². The predicted octanol–water partition coefficient (Wildman–Crippen LogP) is 4.30. The first kappa shape index (κ1) is 15.9. The average Bonchev–Trinajstić information content (AvgIpc) is 2.40. The maximum atomic E-state index is 12.3. The van der Waals surface area contributed by atoms with Gasteiger partial charge in [-0.3, -0.25) is 4.79 Å². The van der Waals surface area contributed by atoms with Crippen molar-refractivity contribution in [3.63, 3.8) is 0 Å². The molecule has 0 saturated carbocycles. The summed E-state index contributed by atoms with van der Waals surface area (Å²) in [6, 6.07) is 10.6. The van der Waals surface area contributed by atoms with Crippen LogP contribution in [-0.2, 0) is 0 Å². The molecule has 1 amide bonds. The van der Waals surface area contributed by atoms with Crippen molar-refractivity contribution < 1.29 is 4.79 Å². The van der Waals surface area contributed by atoms with E-state index in [2.05, 4.69) is 21.2 Å². The normalized spacial score (nSPS) is 10.2. The van der Waals surface area contributed by atoms with Crippen LogP contribution in [0.1, 0.15) is 21.5 Å². The van der Waals surface area contributed by atoms with Gasteiger partial charge in [0.05, 0.1) is 16.3 Å². The highest BCUT2D eigenvalue weighted by molar-refractivity contribution is 9.10. The number of anilines is 1. The van der Waals surface area contributed by atoms with Gasteiger partial charge in [0.1, 0.15) is 4.99 Å². The van der Waals surface area contributed by atoms with E-state index < -0.39 is 0 Å². The lowest BCUT2D eigenvalue weighted by Gasteiger charge is -2.11. The van der Waals surface area contributed by atoms with Crippen LogP contribution in [-0.4, -0.2) is 10.9 Å². The molecule has 0 unspecified atom stereocenters. The monoisotopic (exact) mass is 382 g/mol. The number of benzene rings is 2. The van der Waals surface area contributed by atoms with Crippen LogP contribution in [0.25, 0.3) is 0 Å². The van der Waals surface area contributed by atoms with Crippen molar-refractivity contribution >= 4 is 56.3 Å². The molecular formula is C15H12BrClN2OS. The highest BCUT2D eigenvalue weighted by Gasteiger charge is 2.13. The maximum absolute atomic E-state index is 12.3. The average molecular weight is 384 g/mol. The van der Waals surface area contributed by atoms with Gasteiger partial charge in [-0.2, -0.15) is 0 Å². The van der Waals surface area contributed by atoms with E-state index >= 15 is 0 Å². The number of nitrogens with one attached hydrogen (secondary N) is 1. The van der Waals surface area contributed by atoms with Crippen molar-refractivity contribution in [1.29, 1.82) is 0 Å². The molecule has 0 fully saturated rings. The van der Waals surface area contributed by atoms with Gasteiger partial charge in [-0.25, -0.2) is 0 Å². The highest BCUT2D eigenvalue weighted by Crippen LogP contribution is 2.23. The third-order valence-electron chi connectivity index (χ3n) is 2.86. The molecule has 0 atom stereocenters. The van der Waals surface area contributed by atoms with E-state index in [9.17, 15) is 4.79 Å². The van der Waals surface area contributed by atoms with Gasteiger partial charge in [0.15, 0.2) is 0 Å². The third kappa shape index (κ3) is 3.81. The fourth-order valence-corrected chi connectivity index (χ4v) is 2.67. The second-order valence-electron chi connectivity index (χ2n) is 4.49. The topological polar surface area (TPSA) is 55.1 Å². The third-order valence-corrected chi connectivity index (χ3v) is 3.89. The fourth-order valence-electron chi connectivity index (χ4n) is 1.82. The summed E-state index contributed by atoms with van der Waals surface area (Å²) in [6.07, 6.45) is 0. The van der Waals surface area contributed by atoms with Crippen molar-refractivity contribution in [2.45, 2.75) is 6.92 Å². The highest BCUT2D eigenvalue weighted by atomic mass is 79.9. The molecule has 108 valence electrons. The van der Waals surface area contributed by atoms with Crippen LogP contribution in [0.15, 0.2) is 40.9 Å². The first-order valence-corrected chi connectivity index (χ1v) is 7.63. The SMILES string of the molecule is Cc1ccc(C(=O)Nc2ccc(Br)cc2C(N)=S)c(Cl)c1. The minimum Gasteiger partial charge on any atom is -0.389 e. The molecule has 0 aliphatic carbocycles. The molecular weight excluding hydrogens is 372 g/mol. The molecule has 3 nitrogen and oxygen atoms in total. The molecule has 0 spiro atoms. The van der Waals surface area contributed by atoms with Crippen LogP contribution < -0.4 is 11.1 Å². The lowest BCUT2D eigenvalue weighted by atomic mass is 10.1. The smallest absolute Gasteiger partial charge is 0.257 e. The zero-order chi connectivity index (χ0) is 15.6. The molecule has 0 aromatic heterocycles. The Morgan fingerprint density at radius 2 is 1.95 bits per heavy atom. The number of halogens is 2. The van der Waals surface area contributed by atoms with E-state index in [1.807, 2.05) is 13.0 Å². The Kier molecular flexibility index (Phi) is 4.98. The minimum atomic E-state index is -0.306. The van der Waals surface area contributed by atoms with E-state index in [0.717, 1.165) is 10.0 Å². The van der Waals surface area contributed by atoms with Gasteiger partial charge in [0.2, 0.25) is 0 Å². The second-order valence-corrected chi connectivity index (χ2v) is 6.25. The Bertz CT molecular complexity index is 734. The number of carbonyl (C=O) groups is 1. The van der Waals surface area contributed by atoms with Gasteiger partial charge in [-0.15, -0.1) is 0 Å². The van der Waals surface area contributed by atoms with Crippen molar-refractivity contribution in [1.82, 2.24) is 0 Å². The van der Waals surface area contributed by atoms with E-state index in [0.29, 0.717) is 21.8 Å². The van der Waals surface area contributed by atoms with Gasteiger partial charge >= 0.3 is 0 Å². The number of hydrogen-bond acceptors (Lipinski definition) is 2. The summed E-state index contributed by atoms with van der Waals surface area (Å²) in [4.78, 5) is 12.5. The van der Waals surface area contributed by atoms with Crippen molar-refractivity contribution in [3.05, 3.63) is 62.6 Å². The number of hydrogen-bond donors (Lipinski definition) is 2. The van der Waals surface area contributed by atoms with Crippen LogP contribution in [0.3, 0.4) is 0 Å². The summed E-state index contributed by atoms with van der Waals surface area (Å²) >= 11 is 14.4. The van der Waals surface area contributed by atoms with Crippen LogP contribution in [0.4, 0.5) is 5.69 Å². The molecule has 21 heavy (non-hydrogen) atoms. The Balaban J connectivity index is 2.34. The molecule has 0 bridgehead atoms. The fraction of sp³-hybridized carbons (Fsp3) is 0.0667. The number of amides is 1. The predicted molar refractivity (Wildman–Crippen MR) is 94.2 cm³/mol. The summed E-state index contributed by atoms with van der Waals surface area (Å²) in [5.41, 5.74) is 8.21. The van der Waals surface area contributed by atoms with E-state index in [-0.39, 0.29) is 10.9 Å². The standard InChI is InChI=1S/C15H12BrClN2OS/c1-8-2-4-10(12(17)6-8)15(20)19-13-5-3-9(16)7-11(13)14(18)21/h2-7H,1H3,(H2,18,21)(H,19,20). The summed E-state index contributed by atoms with van der Waals surface area (Å²) in [6.45, 7) is 1.91. The zero-order valence-corrected chi connectivity index (χ0v) is 14.3. The first-order chi connectivity index (χ1) is 9.88. The van der Waals surface area contributed by atoms with Crippen LogP contribution >= 0.6 is 39.7 Å². The van der Waals surface area contributed by atoms with Gasteiger partial charge in [-0.1, -0.05) is 45.8 Å². The summed E-state index contributed by atoms with van der Waals surface area (Å²) in [5.74, 6) is -0.306. The van der Waals surface area contributed by atoms with Crippen molar-refractivity contribution in [2.24, 2.45) is 5.73 Å². The molecule has 6 heteroatoms. The number of nitrogens with two attached hydrogens (primary N) is 1. The zero-order valence-electron chi connectivity index (χ0n) is 11.1. The van der Waals surface area contributed by atoms with Gasteiger partial charge in [0, 0.05) is 10.0 Å². The van der Waals surface area contributed by atoms with E-state index in [1.165, 1.54) is 0 Å². The maximum Gasteiger partial charge on any atom is 0.257 e. The molecule has 2 aromatic carbocycles. The number of carbonyl (C=O) groups excluding carboxylic acids is 1. The lowest BCUT2D eigenvalue weighted by molar-refractivity contribution is 0.102. The van der Waals surface area contributed by atoms with Crippen LogP contribution in [0, 0.1) is 6.92 Å². The molecule has 0 saturated heterocycles. The van der Waals surface area contributed by atoms with E-state index in [4.69, 9.17) is 29.6 Å². The summed E-state index contributed by atoms with van der Waals surface area (Å²) < 4.78 is 0.830. The molecule has 2 aromatic rings. The Hall–Kier alpha value is -1.43. The number of thiocarbonyl (C=S) groups is 1. The number of aryl methyl sites for hydroxylation is 1. The second kappa shape index (κ2) is 6.56. The molecule has 2 rings (SSSR count). The molecule has 0 heterocycles. The van der Waals surface area contributed by atoms with Crippen LogP contribution in [0.5, 0.6) is 0 Å². The lowest BCUT2D eigenvalue weighted by Crippen LogP contribution is -2.18.